The van der Waals surface area contributed by atoms with Gasteiger partial charge in [0.1, 0.15) is 0 Å². The van der Waals surface area contributed by atoms with Crippen molar-refractivity contribution in [3.8, 4) is 11.5 Å². The summed E-state index contributed by atoms with van der Waals surface area (Å²) in [5, 5.41) is 0. The van der Waals surface area contributed by atoms with Gasteiger partial charge < -0.3 is 15.2 Å². The number of para-hydroxylation sites is 1. The maximum atomic E-state index is 5.98. The molecular weight excluding hydrogens is 240 g/mol. The number of rotatable bonds is 8. The van der Waals surface area contributed by atoms with E-state index in [1.807, 2.05) is 19.1 Å². The topological polar surface area (TPSA) is 47.7 Å². The van der Waals surface area contributed by atoms with Gasteiger partial charge in [-0.1, -0.05) is 26.0 Å². The highest BCUT2D eigenvalue weighted by atomic mass is 16.5. The Bertz CT molecular complexity index is 378. The van der Waals surface area contributed by atoms with Crippen molar-refractivity contribution in [1.29, 1.82) is 0 Å². The predicted octanol–water partition coefficient (Wildman–Crippen LogP) is 2.44. The summed E-state index contributed by atoms with van der Waals surface area (Å²) in [7, 11) is 1.66. The van der Waals surface area contributed by atoms with Crippen molar-refractivity contribution < 1.29 is 9.47 Å². The van der Waals surface area contributed by atoms with Crippen LogP contribution in [0.3, 0.4) is 0 Å². The molecule has 0 radical (unpaired) electrons. The van der Waals surface area contributed by atoms with Gasteiger partial charge in [0.25, 0.3) is 0 Å². The third kappa shape index (κ3) is 3.61. The Morgan fingerprint density at radius 2 is 1.89 bits per heavy atom. The minimum absolute atomic E-state index is 0.159. The largest absolute Gasteiger partial charge is 0.493 e. The van der Waals surface area contributed by atoms with Crippen LogP contribution in [-0.2, 0) is 0 Å². The summed E-state index contributed by atoms with van der Waals surface area (Å²) < 4.78 is 11.2. The van der Waals surface area contributed by atoms with E-state index in [4.69, 9.17) is 15.2 Å². The molecule has 0 aliphatic carbocycles. The lowest BCUT2D eigenvalue weighted by molar-refractivity contribution is 0.214. The number of ether oxygens (including phenoxy) is 2. The molecular formula is C15H26N2O2. The third-order valence-electron chi connectivity index (χ3n) is 3.35. The minimum Gasteiger partial charge on any atom is -0.493 e. The molecule has 0 aliphatic heterocycles. The van der Waals surface area contributed by atoms with Crippen molar-refractivity contribution in [2.75, 3.05) is 33.4 Å². The summed E-state index contributed by atoms with van der Waals surface area (Å²) in [6.45, 7) is 9.37. The van der Waals surface area contributed by atoms with Gasteiger partial charge in [0.2, 0.25) is 0 Å². The molecule has 0 saturated heterocycles. The fraction of sp³-hybridized carbons (Fsp3) is 0.600. The van der Waals surface area contributed by atoms with E-state index < -0.39 is 0 Å². The van der Waals surface area contributed by atoms with Gasteiger partial charge in [0.05, 0.1) is 19.8 Å². The number of nitrogens with zero attached hydrogens (tertiary/aromatic N) is 1. The lowest BCUT2D eigenvalue weighted by Crippen LogP contribution is -2.33. The SMILES string of the molecule is CCOc1c(OC)cccc1C(CN)N(CC)CC. The van der Waals surface area contributed by atoms with Crippen LogP contribution >= 0.6 is 0 Å². The van der Waals surface area contributed by atoms with Gasteiger partial charge in [-0.15, -0.1) is 0 Å². The average Bonchev–Trinajstić information content (AvgIpc) is 2.45. The third-order valence-corrected chi connectivity index (χ3v) is 3.35. The number of nitrogens with two attached hydrogens (primary N) is 1. The Kier molecular flexibility index (Phi) is 6.67. The van der Waals surface area contributed by atoms with Crippen molar-refractivity contribution in [2.45, 2.75) is 26.8 Å². The second kappa shape index (κ2) is 8.02. The summed E-state index contributed by atoms with van der Waals surface area (Å²) >= 11 is 0. The number of benzene rings is 1. The molecule has 0 spiro atoms. The van der Waals surface area contributed by atoms with Gasteiger partial charge in [0, 0.05) is 12.1 Å². The molecule has 0 bridgehead atoms. The van der Waals surface area contributed by atoms with Gasteiger partial charge in [-0.25, -0.2) is 0 Å². The van der Waals surface area contributed by atoms with Crippen molar-refractivity contribution in [1.82, 2.24) is 4.90 Å². The molecule has 19 heavy (non-hydrogen) atoms. The van der Waals surface area contributed by atoms with Crippen molar-refractivity contribution >= 4 is 0 Å². The van der Waals surface area contributed by atoms with E-state index >= 15 is 0 Å². The fourth-order valence-corrected chi connectivity index (χ4v) is 2.39. The Balaban J connectivity index is 3.21. The van der Waals surface area contributed by atoms with E-state index in [9.17, 15) is 0 Å². The van der Waals surface area contributed by atoms with Crippen LogP contribution in [0, 0.1) is 0 Å². The molecule has 0 heterocycles. The van der Waals surface area contributed by atoms with E-state index in [-0.39, 0.29) is 6.04 Å². The van der Waals surface area contributed by atoms with E-state index in [2.05, 4.69) is 24.8 Å². The zero-order valence-corrected chi connectivity index (χ0v) is 12.5. The Morgan fingerprint density at radius 1 is 1.21 bits per heavy atom. The van der Waals surface area contributed by atoms with Gasteiger partial charge in [-0.2, -0.15) is 0 Å². The van der Waals surface area contributed by atoms with Gasteiger partial charge in [0.15, 0.2) is 11.5 Å². The molecule has 1 rings (SSSR count). The summed E-state index contributed by atoms with van der Waals surface area (Å²) in [4.78, 5) is 2.33. The molecule has 1 unspecified atom stereocenters. The Morgan fingerprint density at radius 3 is 2.37 bits per heavy atom. The lowest BCUT2D eigenvalue weighted by Gasteiger charge is -2.30. The molecule has 0 saturated carbocycles. The summed E-state index contributed by atoms with van der Waals surface area (Å²) in [6, 6.07) is 6.14. The standard InChI is InChI=1S/C15H26N2O2/c1-5-17(6-2)13(11-16)12-9-8-10-14(18-4)15(12)19-7-3/h8-10,13H,5-7,11,16H2,1-4H3. The maximum absolute atomic E-state index is 5.98. The number of hydrogen-bond acceptors (Lipinski definition) is 4. The number of hydrogen-bond donors (Lipinski definition) is 1. The molecule has 1 aromatic carbocycles. The van der Waals surface area contributed by atoms with Crippen LogP contribution < -0.4 is 15.2 Å². The van der Waals surface area contributed by atoms with Crippen LogP contribution in [0.5, 0.6) is 11.5 Å². The van der Waals surface area contributed by atoms with Gasteiger partial charge in [-0.3, -0.25) is 4.90 Å². The van der Waals surface area contributed by atoms with Crippen LogP contribution in [0.25, 0.3) is 0 Å². The predicted molar refractivity (Wildman–Crippen MR) is 78.9 cm³/mol. The smallest absolute Gasteiger partial charge is 0.165 e. The summed E-state index contributed by atoms with van der Waals surface area (Å²) in [6.07, 6.45) is 0. The highest BCUT2D eigenvalue weighted by Crippen LogP contribution is 2.36. The van der Waals surface area contributed by atoms with Crippen LogP contribution in [0.15, 0.2) is 18.2 Å². The molecule has 0 aromatic heterocycles. The minimum atomic E-state index is 0.159. The van der Waals surface area contributed by atoms with E-state index in [0.29, 0.717) is 13.2 Å². The molecule has 108 valence electrons. The van der Waals surface area contributed by atoms with Crippen LogP contribution in [0.2, 0.25) is 0 Å². The maximum Gasteiger partial charge on any atom is 0.165 e. The van der Waals surface area contributed by atoms with Crippen molar-refractivity contribution in [2.24, 2.45) is 5.73 Å². The zero-order chi connectivity index (χ0) is 14.3. The van der Waals surface area contributed by atoms with Crippen LogP contribution in [-0.4, -0.2) is 38.3 Å². The first kappa shape index (κ1) is 15.8. The lowest BCUT2D eigenvalue weighted by atomic mass is 10.0. The molecule has 0 fully saturated rings. The monoisotopic (exact) mass is 266 g/mol. The molecule has 1 atom stereocenters. The van der Waals surface area contributed by atoms with Crippen LogP contribution in [0.1, 0.15) is 32.4 Å². The van der Waals surface area contributed by atoms with Crippen molar-refractivity contribution in [3.05, 3.63) is 23.8 Å². The molecule has 0 aliphatic rings. The number of likely N-dealkylation sites (N-methyl/N-ethyl adjacent to an activating group) is 1. The zero-order valence-electron chi connectivity index (χ0n) is 12.5. The highest BCUT2D eigenvalue weighted by molar-refractivity contribution is 5.48. The van der Waals surface area contributed by atoms with Crippen molar-refractivity contribution in [3.63, 3.8) is 0 Å². The average molecular weight is 266 g/mol. The van der Waals surface area contributed by atoms with Gasteiger partial charge in [-0.05, 0) is 26.1 Å². The second-order valence-electron chi connectivity index (χ2n) is 4.28. The Hall–Kier alpha value is -1.26. The molecule has 4 nitrogen and oxygen atoms in total. The first-order chi connectivity index (χ1) is 9.23. The normalized spacial score (nSPS) is 12.5. The summed E-state index contributed by atoms with van der Waals surface area (Å²) in [5.41, 5.74) is 7.08. The molecule has 2 N–H and O–H groups in total. The van der Waals surface area contributed by atoms with E-state index in [1.165, 1.54) is 0 Å². The molecule has 1 aromatic rings. The fourth-order valence-electron chi connectivity index (χ4n) is 2.39. The molecule has 4 heteroatoms. The molecule has 0 amide bonds. The Labute approximate surface area is 116 Å². The first-order valence-electron chi connectivity index (χ1n) is 6.97. The quantitative estimate of drug-likeness (QED) is 0.785. The summed E-state index contributed by atoms with van der Waals surface area (Å²) in [5.74, 6) is 1.58. The second-order valence-corrected chi connectivity index (χ2v) is 4.28. The highest BCUT2D eigenvalue weighted by Gasteiger charge is 2.22. The first-order valence-corrected chi connectivity index (χ1v) is 6.97. The van der Waals surface area contributed by atoms with E-state index in [1.54, 1.807) is 7.11 Å². The van der Waals surface area contributed by atoms with E-state index in [0.717, 1.165) is 30.2 Å². The van der Waals surface area contributed by atoms with Gasteiger partial charge >= 0.3 is 0 Å². The number of methoxy groups -OCH3 is 1. The van der Waals surface area contributed by atoms with Crippen LogP contribution in [0.4, 0.5) is 0 Å².